The molecular weight excluding hydrogens is 324 g/mol. The van der Waals surface area contributed by atoms with Crippen LogP contribution < -0.4 is 5.32 Å². The summed E-state index contributed by atoms with van der Waals surface area (Å²) >= 11 is 0. The molecule has 1 fully saturated rings. The van der Waals surface area contributed by atoms with Crippen molar-refractivity contribution in [1.82, 2.24) is 20.1 Å². The summed E-state index contributed by atoms with van der Waals surface area (Å²) in [5.41, 5.74) is 2.58. The van der Waals surface area contributed by atoms with Gasteiger partial charge in [-0.05, 0) is 30.4 Å². The van der Waals surface area contributed by atoms with Crippen molar-refractivity contribution in [2.45, 2.75) is 45.2 Å². The average Bonchev–Trinajstić information content (AvgIpc) is 3.06. The first-order valence-electron chi connectivity index (χ1n) is 9.37. The van der Waals surface area contributed by atoms with Crippen molar-refractivity contribution >= 4 is 16.9 Å². The average molecular weight is 348 g/mol. The molecule has 1 N–H and O–H groups in total. The number of fused-ring (bicyclic) bond motifs is 1. The summed E-state index contributed by atoms with van der Waals surface area (Å²) in [5, 5.41) is 8.53. The number of benzene rings is 1. The van der Waals surface area contributed by atoms with Gasteiger partial charge in [0.05, 0.1) is 18.3 Å². The molecule has 134 valence electrons. The van der Waals surface area contributed by atoms with Gasteiger partial charge in [-0.1, -0.05) is 50.1 Å². The molecule has 1 saturated carbocycles. The Hall–Kier alpha value is -2.69. The molecule has 26 heavy (non-hydrogen) atoms. The highest BCUT2D eigenvalue weighted by atomic mass is 16.1. The summed E-state index contributed by atoms with van der Waals surface area (Å²) in [6.45, 7) is 2.89. The summed E-state index contributed by atoms with van der Waals surface area (Å²) in [7, 11) is 0. The molecule has 5 heteroatoms. The summed E-state index contributed by atoms with van der Waals surface area (Å²) in [4.78, 5) is 17.1. The van der Waals surface area contributed by atoms with E-state index in [2.05, 4.69) is 34.5 Å². The smallest absolute Gasteiger partial charge is 0.253 e. The van der Waals surface area contributed by atoms with Crippen LogP contribution in [0.4, 0.5) is 0 Å². The first kappa shape index (κ1) is 16.8. The van der Waals surface area contributed by atoms with Crippen LogP contribution >= 0.6 is 0 Å². The maximum absolute atomic E-state index is 12.6. The Bertz CT molecular complexity index is 903. The van der Waals surface area contributed by atoms with Gasteiger partial charge >= 0.3 is 0 Å². The Kier molecular flexibility index (Phi) is 4.69. The van der Waals surface area contributed by atoms with Gasteiger partial charge in [0, 0.05) is 17.6 Å². The summed E-state index contributed by atoms with van der Waals surface area (Å²) in [5.74, 6) is 0.506. The van der Waals surface area contributed by atoms with E-state index in [0.717, 1.165) is 17.5 Å². The Labute approximate surface area is 153 Å². The molecule has 2 heterocycles. The zero-order chi connectivity index (χ0) is 17.9. The lowest BCUT2D eigenvalue weighted by Crippen LogP contribution is -2.41. The summed E-state index contributed by atoms with van der Waals surface area (Å²) in [6.07, 6.45) is 8.16. The molecule has 0 radical (unpaired) electrons. The van der Waals surface area contributed by atoms with Crippen LogP contribution in [0.3, 0.4) is 0 Å². The molecule has 1 aliphatic rings. The molecule has 0 bridgehead atoms. The number of pyridine rings is 1. The van der Waals surface area contributed by atoms with Crippen LogP contribution in [-0.2, 0) is 6.54 Å². The fourth-order valence-electron chi connectivity index (χ4n) is 3.75. The van der Waals surface area contributed by atoms with Crippen LogP contribution in [0, 0.1) is 5.92 Å². The topological polar surface area (TPSA) is 59.8 Å². The van der Waals surface area contributed by atoms with Gasteiger partial charge in [0.15, 0.2) is 5.65 Å². The van der Waals surface area contributed by atoms with Gasteiger partial charge in [-0.3, -0.25) is 4.79 Å². The minimum atomic E-state index is -0.0334. The predicted molar refractivity (Wildman–Crippen MR) is 102 cm³/mol. The van der Waals surface area contributed by atoms with E-state index in [1.807, 2.05) is 28.9 Å². The zero-order valence-corrected chi connectivity index (χ0v) is 15.1. The van der Waals surface area contributed by atoms with E-state index >= 15 is 0 Å². The molecular formula is C21H24N4O. The second kappa shape index (κ2) is 7.28. The Morgan fingerprint density at radius 2 is 2.00 bits per heavy atom. The quantitative estimate of drug-likeness (QED) is 0.780. The van der Waals surface area contributed by atoms with E-state index in [1.165, 1.54) is 24.8 Å². The Balaban J connectivity index is 1.52. The molecule has 0 spiro atoms. The standard InChI is InChI=1S/C21H24N4O/c1-15-7-5-6-10-19(15)24-21(26)18-11-17-13-23-25(20(17)22-12-18)14-16-8-3-2-4-9-16/h2-4,8-9,11-13,15,19H,5-7,10,14H2,1H3,(H,24,26)/t15-,19-/m1/s1. The van der Waals surface area contributed by atoms with Gasteiger partial charge in [0.25, 0.3) is 5.91 Å². The molecule has 1 amide bonds. The monoisotopic (exact) mass is 348 g/mol. The van der Waals surface area contributed by atoms with Gasteiger partial charge in [-0.25, -0.2) is 9.67 Å². The Morgan fingerprint density at radius 3 is 2.81 bits per heavy atom. The molecule has 2 atom stereocenters. The molecule has 3 aromatic rings. The number of rotatable bonds is 4. The van der Waals surface area contributed by atoms with Crippen LogP contribution in [0.25, 0.3) is 11.0 Å². The molecule has 1 aromatic carbocycles. The maximum Gasteiger partial charge on any atom is 0.253 e. The van der Waals surface area contributed by atoms with Crippen molar-refractivity contribution in [3.05, 3.63) is 59.9 Å². The third-order valence-corrected chi connectivity index (χ3v) is 5.34. The minimum Gasteiger partial charge on any atom is -0.349 e. The lowest BCUT2D eigenvalue weighted by atomic mass is 9.86. The SMILES string of the molecule is C[C@@H]1CCCC[C@H]1NC(=O)c1cnc2c(cnn2Cc2ccccc2)c1. The zero-order valence-electron chi connectivity index (χ0n) is 15.1. The number of nitrogens with one attached hydrogen (secondary N) is 1. The highest BCUT2D eigenvalue weighted by molar-refractivity contribution is 5.97. The maximum atomic E-state index is 12.6. The largest absolute Gasteiger partial charge is 0.349 e. The lowest BCUT2D eigenvalue weighted by molar-refractivity contribution is 0.0910. The summed E-state index contributed by atoms with van der Waals surface area (Å²) in [6, 6.07) is 12.3. The van der Waals surface area contributed by atoms with Crippen molar-refractivity contribution in [3.8, 4) is 0 Å². The highest BCUT2D eigenvalue weighted by Gasteiger charge is 2.23. The second-order valence-corrected chi connectivity index (χ2v) is 7.27. The first-order valence-corrected chi connectivity index (χ1v) is 9.37. The highest BCUT2D eigenvalue weighted by Crippen LogP contribution is 2.24. The summed E-state index contributed by atoms with van der Waals surface area (Å²) < 4.78 is 1.87. The molecule has 5 nitrogen and oxygen atoms in total. The van der Waals surface area contributed by atoms with Crippen molar-refractivity contribution in [2.24, 2.45) is 5.92 Å². The van der Waals surface area contributed by atoms with Gasteiger partial charge in [0.2, 0.25) is 0 Å². The van der Waals surface area contributed by atoms with Gasteiger partial charge in [0.1, 0.15) is 0 Å². The fourth-order valence-corrected chi connectivity index (χ4v) is 3.75. The van der Waals surface area contributed by atoms with E-state index < -0.39 is 0 Å². The van der Waals surface area contributed by atoms with E-state index in [1.54, 1.807) is 12.4 Å². The van der Waals surface area contributed by atoms with Crippen LogP contribution in [0.5, 0.6) is 0 Å². The molecule has 4 rings (SSSR count). The van der Waals surface area contributed by atoms with E-state index in [0.29, 0.717) is 18.0 Å². The van der Waals surface area contributed by atoms with Crippen LogP contribution in [0.15, 0.2) is 48.8 Å². The van der Waals surface area contributed by atoms with Crippen molar-refractivity contribution in [3.63, 3.8) is 0 Å². The number of hydrogen-bond donors (Lipinski definition) is 1. The molecule has 2 aromatic heterocycles. The third-order valence-electron chi connectivity index (χ3n) is 5.34. The van der Waals surface area contributed by atoms with Crippen LogP contribution in [0.2, 0.25) is 0 Å². The van der Waals surface area contributed by atoms with Crippen molar-refractivity contribution in [2.75, 3.05) is 0 Å². The number of amides is 1. The molecule has 1 aliphatic carbocycles. The minimum absolute atomic E-state index is 0.0334. The van der Waals surface area contributed by atoms with E-state index in [4.69, 9.17) is 0 Å². The molecule has 0 saturated heterocycles. The lowest BCUT2D eigenvalue weighted by Gasteiger charge is -2.29. The molecule has 0 unspecified atom stereocenters. The van der Waals surface area contributed by atoms with Gasteiger partial charge in [-0.15, -0.1) is 0 Å². The number of nitrogens with zero attached hydrogens (tertiary/aromatic N) is 3. The van der Waals surface area contributed by atoms with E-state index in [9.17, 15) is 4.79 Å². The van der Waals surface area contributed by atoms with Crippen LogP contribution in [0.1, 0.15) is 48.5 Å². The third kappa shape index (κ3) is 3.47. The normalized spacial score (nSPS) is 20.2. The second-order valence-electron chi connectivity index (χ2n) is 7.27. The van der Waals surface area contributed by atoms with Crippen molar-refractivity contribution < 1.29 is 4.79 Å². The van der Waals surface area contributed by atoms with Crippen molar-refractivity contribution in [1.29, 1.82) is 0 Å². The van der Waals surface area contributed by atoms with Crippen LogP contribution in [-0.4, -0.2) is 26.7 Å². The Morgan fingerprint density at radius 1 is 1.19 bits per heavy atom. The number of carbonyl (C=O) groups is 1. The van der Waals surface area contributed by atoms with Gasteiger partial charge < -0.3 is 5.32 Å². The fraction of sp³-hybridized carbons (Fsp3) is 0.381. The molecule has 0 aliphatic heterocycles. The van der Waals surface area contributed by atoms with Gasteiger partial charge in [-0.2, -0.15) is 5.10 Å². The first-order chi connectivity index (χ1) is 12.7. The predicted octanol–water partition coefficient (Wildman–Crippen LogP) is 3.79. The van der Waals surface area contributed by atoms with E-state index in [-0.39, 0.29) is 11.9 Å². The number of carbonyl (C=O) groups excluding carboxylic acids is 1. The number of hydrogen-bond acceptors (Lipinski definition) is 3. The number of aromatic nitrogens is 3.